The number of ether oxygens (including phenoxy) is 4. The normalized spacial score (nSPS) is 12.5. The molecule has 0 aliphatic carbocycles. The Bertz CT molecular complexity index is 1310. The third kappa shape index (κ3) is 5.65. The van der Waals surface area contributed by atoms with Gasteiger partial charge in [0.25, 0.3) is 10.0 Å². The van der Waals surface area contributed by atoms with E-state index in [0.717, 1.165) is 9.87 Å². The highest BCUT2D eigenvalue weighted by Gasteiger charge is 2.28. The predicted molar refractivity (Wildman–Crippen MR) is 135 cm³/mol. The first-order chi connectivity index (χ1) is 17.4. The van der Waals surface area contributed by atoms with Crippen molar-refractivity contribution in [3.63, 3.8) is 0 Å². The van der Waals surface area contributed by atoms with Crippen molar-refractivity contribution in [2.75, 3.05) is 44.8 Å². The van der Waals surface area contributed by atoms with Gasteiger partial charge >= 0.3 is 0 Å². The quantitative estimate of drug-likeness (QED) is 0.445. The molecular weight excluding hydrogens is 484 g/mol. The summed E-state index contributed by atoms with van der Waals surface area (Å²) in [7, 11) is -0.901. The van der Waals surface area contributed by atoms with Gasteiger partial charge in [0.2, 0.25) is 5.91 Å². The summed E-state index contributed by atoms with van der Waals surface area (Å²) in [5.41, 5.74) is 1.24. The van der Waals surface area contributed by atoms with Gasteiger partial charge in [0.1, 0.15) is 19.8 Å². The van der Waals surface area contributed by atoms with Crippen LogP contribution in [-0.4, -0.2) is 54.8 Å². The van der Waals surface area contributed by atoms with E-state index in [2.05, 4.69) is 5.32 Å². The molecule has 1 N–H and O–H groups in total. The molecule has 4 rings (SSSR count). The van der Waals surface area contributed by atoms with E-state index in [0.29, 0.717) is 54.9 Å². The Balaban J connectivity index is 1.51. The number of carbonyl (C=O) groups excluding carboxylic acids is 1. The maximum Gasteiger partial charge on any atom is 0.264 e. The van der Waals surface area contributed by atoms with E-state index in [9.17, 15) is 13.2 Å². The van der Waals surface area contributed by atoms with Gasteiger partial charge in [-0.2, -0.15) is 0 Å². The third-order valence-electron chi connectivity index (χ3n) is 5.62. The van der Waals surface area contributed by atoms with E-state index < -0.39 is 22.5 Å². The van der Waals surface area contributed by atoms with Crippen LogP contribution in [-0.2, 0) is 21.2 Å². The van der Waals surface area contributed by atoms with Crippen LogP contribution in [0.4, 0.5) is 5.69 Å². The Morgan fingerprint density at radius 2 is 1.64 bits per heavy atom. The van der Waals surface area contributed by atoms with Crippen molar-refractivity contribution >= 4 is 21.6 Å². The Labute approximate surface area is 210 Å². The molecule has 1 aliphatic heterocycles. The average molecular weight is 513 g/mol. The van der Waals surface area contributed by atoms with Crippen molar-refractivity contribution in [1.29, 1.82) is 0 Å². The highest BCUT2D eigenvalue weighted by molar-refractivity contribution is 7.92. The molecule has 36 heavy (non-hydrogen) atoms. The summed E-state index contributed by atoms with van der Waals surface area (Å²) in [5.74, 6) is 1.73. The van der Waals surface area contributed by atoms with Crippen LogP contribution in [0.2, 0.25) is 0 Å². The lowest BCUT2D eigenvalue weighted by Gasteiger charge is -2.26. The minimum absolute atomic E-state index is 0.0815. The highest BCUT2D eigenvalue weighted by Crippen LogP contribution is 2.35. The van der Waals surface area contributed by atoms with Gasteiger partial charge in [0.05, 0.1) is 24.8 Å². The molecule has 9 nitrogen and oxygen atoms in total. The van der Waals surface area contributed by atoms with Crippen LogP contribution in [0.1, 0.15) is 5.56 Å². The van der Waals surface area contributed by atoms with Crippen LogP contribution in [0.15, 0.2) is 71.6 Å². The van der Waals surface area contributed by atoms with Crippen LogP contribution in [0.3, 0.4) is 0 Å². The fraction of sp³-hybridized carbons (Fsp3) is 0.269. The molecule has 0 bridgehead atoms. The second kappa shape index (κ2) is 11.2. The minimum Gasteiger partial charge on any atom is -0.493 e. The van der Waals surface area contributed by atoms with Crippen LogP contribution in [0.25, 0.3) is 0 Å². The monoisotopic (exact) mass is 512 g/mol. The van der Waals surface area contributed by atoms with Crippen molar-refractivity contribution in [2.45, 2.75) is 11.3 Å². The molecule has 1 aliphatic rings. The summed E-state index contributed by atoms with van der Waals surface area (Å²) < 4.78 is 49.8. The number of carbonyl (C=O) groups is 1. The topological polar surface area (TPSA) is 103 Å². The van der Waals surface area contributed by atoms with Gasteiger partial charge in [-0.1, -0.05) is 24.3 Å². The molecule has 3 aromatic carbocycles. The molecule has 1 heterocycles. The zero-order valence-corrected chi connectivity index (χ0v) is 20.9. The van der Waals surface area contributed by atoms with Gasteiger partial charge in [0.15, 0.2) is 23.0 Å². The lowest BCUT2D eigenvalue weighted by molar-refractivity contribution is -0.119. The zero-order chi connectivity index (χ0) is 25.5. The molecule has 0 atom stereocenters. The molecule has 0 saturated heterocycles. The van der Waals surface area contributed by atoms with Gasteiger partial charge in [-0.15, -0.1) is 0 Å². The maximum absolute atomic E-state index is 13.5. The number of fused-ring (bicyclic) bond motifs is 1. The van der Waals surface area contributed by atoms with E-state index in [1.165, 1.54) is 12.1 Å². The summed E-state index contributed by atoms with van der Waals surface area (Å²) >= 11 is 0. The number of nitrogens with zero attached hydrogens (tertiary/aromatic N) is 1. The summed E-state index contributed by atoms with van der Waals surface area (Å²) in [6.07, 6.45) is 0.529. The van der Waals surface area contributed by atoms with Crippen LogP contribution in [0, 0.1) is 0 Å². The molecule has 1 amide bonds. The molecule has 0 saturated carbocycles. The molecular formula is C26H28N2O7S. The summed E-state index contributed by atoms with van der Waals surface area (Å²) in [4.78, 5) is 13.0. The lowest BCUT2D eigenvalue weighted by Crippen LogP contribution is -2.41. The first-order valence-corrected chi connectivity index (χ1v) is 12.8. The van der Waals surface area contributed by atoms with E-state index in [-0.39, 0.29) is 4.90 Å². The summed E-state index contributed by atoms with van der Waals surface area (Å²) in [5, 5.41) is 2.81. The number of benzene rings is 3. The number of nitrogens with one attached hydrogen (secondary N) is 1. The van der Waals surface area contributed by atoms with Crippen molar-refractivity contribution in [2.24, 2.45) is 0 Å². The van der Waals surface area contributed by atoms with Crippen molar-refractivity contribution in [1.82, 2.24) is 5.32 Å². The van der Waals surface area contributed by atoms with E-state index in [4.69, 9.17) is 18.9 Å². The van der Waals surface area contributed by atoms with Crippen LogP contribution < -0.4 is 28.6 Å². The number of methoxy groups -OCH3 is 2. The maximum atomic E-state index is 13.5. The predicted octanol–water partition coefficient (Wildman–Crippen LogP) is 3.03. The number of sulfonamides is 1. The largest absolute Gasteiger partial charge is 0.493 e. The number of hydrogen-bond acceptors (Lipinski definition) is 7. The Hall–Kier alpha value is -3.92. The molecule has 0 unspecified atom stereocenters. The average Bonchev–Trinajstić information content (AvgIpc) is 2.91. The number of rotatable bonds is 10. The molecule has 0 spiro atoms. The van der Waals surface area contributed by atoms with Gasteiger partial charge in [-0.3, -0.25) is 9.10 Å². The molecule has 0 aromatic heterocycles. The first kappa shape index (κ1) is 25.2. The molecule has 3 aromatic rings. The second-order valence-corrected chi connectivity index (χ2v) is 9.80. The molecule has 0 fully saturated rings. The van der Waals surface area contributed by atoms with Gasteiger partial charge in [0, 0.05) is 12.6 Å². The van der Waals surface area contributed by atoms with E-state index >= 15 is 0 Å². The summed E-state index contributed by atoms with van der Waals surface area (Å²) in [6, 6.07) is 18.3. The van der Waals surface area contributed by atoms with Gasteiger partial charge < -0.3 is 24.3 Å². The van der Waals surface area contributed by atoms with Gasteiger partial charge in [-0.25, -0.2) is 8.42 Å². The smallest absolute Gasteiger partial charge is 0.264 e. The SMILES string of the molecule is COc1ccc(CCNC(=O)CN(c2ccc3c(c2)OCCO3)S(=O)(=O)c2ccccc2)cc1OC. The number of hydrogen-bond donors (Lipinski definition) is 1. The third-order valence-corrected chi connectivity index (χ3v) is 7.40. The highest BCUT2D eigenvalue weighted by atomic mass is 32.2. The molecule has 190 valence electrons. The Kier molecular flexibility index (Phi) is 7.84. The van der Waals surface area contributed by atoms with Crippen molar-refractivity contribution in [3.05, 3.63) is 72.3 Å². The minimum atomic E-state index is -4.02. The lowest BCUT2D eigenvalue weighted by atomic mass is 10.1. The van der Waals surface area contributed by atoms with E-state index in [1.54, 1.807) is 56.7 Å². The van der Waals surface area contributed by atoms with Crippen molar-refractivity contribution in [3.8, 4) is 23.0 Å². The molecule has 10 heteroatoms. The van der Waals surface area contributed by atoms with Crippen LogP contribution >= 0.6 is 0 Å². The summed E-state index contributed by atoms with van der Waals surface area (Å²) in [6.45, 7) is 0.691. The Morgan fingerprint density at radius 1 is 0.917 bits per heavy atom. The number of amides is 1. The van der Waals surface area contributed by atoms with Gasteiger partial charge in [-0.05, 0) is 48.4 Å². The fourth-order valence-corrected chi connectivity index (χ4v) is 5.22. The standard InChI is InChI=1S/C26H28N2O7S/c1-32-22-10-8-19(16-24(22)33-2)12-13-27-26(29)18-28(36(30,31)21-6-4-3-5-7-21)20-9-11-23-25(17-20)35-15-14-34-23/h3-11,16-17H,12-15,18H2,1-2H3,(H,27,29). The van der Waals surface area contributed by atoms with Crippen LogP contribution in [0.5, 0.6) is 23.0 Å². The fourth-order valence-electron chi connectivity index (χ4n) is 3.79. The molecule has 0 radical (unpaired) electrons. The Morgan fingerprint density at radius 3 is 2.36 bits per heavy atom. The number of anilines is 1. The first-order valence-electron chi connectivity index (χ1n) is 11.4. The zero-order valence-electron chi connectivity index (χ0n) is 20.1. The van der Waals surface area contributed by atoms with Crippen molar-refractivity contribution < 1.29 is 32.2 Å². The van der Waals surface area contributed by atoms with E-state index in [1.807, 2.05) is 12.1 Å². The second-order valence-electron chi connectivity index (χ2n) is 7.94.